The molecule has 3 N–H and O–H groups in total. The summed E-state index contributed by atoms with van der Waals surface area (Å²) in [4.78, 5) is 28.0. The highest BCUT2D eigenvalue weighted by atomic mass is 35.5. The summed E-state index contributed by atoms with van der Waals surface area (Å²) in [7, 11) is 0. The first-order valence-corrected chi connectivity index (χ1v) is 15.7. The number of hydrogen-bond donors (Lipinski definition) is 2. The van der Waals surface area contributed by atoms with E-state index in [-0.39, 0.29) is 28.7 Å². The number of hydrogen-bond acceptors (Lipinski definition) is 9. The van der Waals surface area contributed by atoms with Gasteiger partial charge in [-0.15, -0.1) is 10.2 Å². The second-order valence-electron chi connectivity index (χ2n) is 11.5. The summed E-state index contributed by atoms with van der Waals surface area (Å²) in [6, 6.07) is 17.3. The highest BCUT2D eigenvalue weighted by Crippen LogP contribution is 2.50. The quantitative estimate of drug-likeness (QED) is 0.272. The van der Waals surface area contributed by atoms with Crippen LogP contribution in [0.2, 0.25) is 5.02 Å². The number of aromatic nitrogens is 2. The van der Waals surface area contributed by atoms with Gasteiger partial charge in [-0.05, 0) is 47.1 Å². The summed E-state index contributed by atoms with van der Waals surface area (Å²) in [5.41, 5.74) is 10.7. The number of anilines is 2. The van der Waals surface area contributed by atoms with Crippen molar-refractivity contribution in [3.63, 3.8) is 0 Å². The summed E-state index contributed by atoms with van der Waals surface area (Å²) >= 11 is 8.52. The largest absolute Gasteiger partial charge is 0.384 e. The van der Waals surface area contributed by atoms with Crippen molar-refractivity contribution in [2.75, 3.05) is 16.0 Å². The molecule has 11 heteroatoms. The Morgan fingerprint density at radius 1 is 1.24 bits per heavy atom. The van der Waals surface area contributed by atoms with Gasteiger partial charge < -0.3 is 11.1 Å². The summed E-state index contributed by atoms with van der Waals surface area (Å²) in [6.07, 6.45) is 0.954. The summed E-state index contributed by atoms with van der Waals surface area (Å²) < 4.78 is 0.562. The maximum Gasteiger partial charge on any atom is 0.234 e. The Morgan fingerprint density at radius 2 is 1.98 bits per heavy atom. The third kappa shape index (κ3) is 6.09. The standard InChI is InChI=1S/C31H31ClN6O2S2/c1-17(2)18-8-10-19(11-9-18)26-22(15-33)28(34)38(23-13-31(3,4)14-24(39)27(23)26)29-36-37-30(42-29)41-16-25(40)35-21-7-5-6-20(32)12-21/h5-12,17,26H,13-14,16,34H2,1-4H3,(H,35,40). The van der Waals surface area contributed by atoms with Crippen molar-refractivity contribution >= 4 is 57.2 Å². The molecule has 42 heavy (non-hydrogen) atoms. The number of ketones is 1. The molecule has 3 aromatic rings. The number of benzene rings is 2. The van der Waals surface area contributed by atoms with Crippen molar-refractivity contribution in [2.24, 2.45) is 11.1 Å². The zero-order valence-corrected chi connectivity index (χ0v) is 26.2. The van der Waals surface area contributed by atoms with E-state index < -0.39 is 5.92 Å². The Hall–Kier alpha value is -3.65. The number of nitrogens with one attached hydrogen (secondary N) is 1. The number of thioether (sulfide) groups is 1. The van der Waals surface area contributed by atoms with E-state index in [1.807, 2.05) is 24.3 Å². The van der Waals surface area contributed by atoms with Gasteiger partial charge in [-0.2, -0.15) is 5.26 Å². The van der Waals surface area contributed by atoms with Gasteiger partial charge in [0.25, 0.3) is 0 Å². The van der Waals surface area contributed by atoms with E-state index in [2.05, 4.69) is 49.3 Å². The Balaban J connectivity index is 1.47. The molecule has 1 unspecified atom stereocenters. The van der Waals surface area contributed by atoms with E-state index in [0.717, 1.165) is 11.3 Å². The van der Waals surface area contributed by atoms with Gasteiger partial charge in [0.05, 0.1) is 23.3 Å². The number of Topliss-reactive ketones (excluding diaryl/α,β-unsaturated/α-hetero) is 1. The molecule has 1 atom stereocenters. The van der Waals surface area contributed by atoms with E-state index in [0.29, 0.717) is 50.1 Å². The van der Waals surface area contributed by atoms with Gasteiger partial charge in [-0.3, -0.25) is 14.5 Å². The van der Waals surface area contributed by atoms with Crippen LogP contribution in [0.25, 0.3) is 0 Å². The van der Waals surface area contributed by atoms with Gasteiger partial charge in [0.2, 0.25) is 11.0 Å². The molecule has 0 fully saturated rings. The topological polar surface area (TPSA) is 125 Å². The third-order valence-electron chi connectivity index (χ3n) is 7.34. The van der Waals surface area contributed by atoms with Gasteiger partial charge >= 0.3 is 0 Å². The molecule has 0 saturated carbocycles. The fourth-order valence-electron chi connectivity index (χ4n) is 5.38. The van der Waals surface area contributed by atoms with Gasteiger partial charge in [0, 0.05) is 28.4 Å². The lowest BCUT2D eigenvalue weighted by Crippen LogP contribution is -2.42. The van der Waals surface area contributed by atoms with Crippen LogP contribution in [-0.2, 0) is 9.59 Å². The summed E-state index contributed by atoms with van der Waals surface area (Å²) in [5.74, 6) is -0.0465. The smallest absolute Gasteiger partial charge is 0.234 e. The Labute approximate surface area is 258 Å². The first kappa shape index (κ1) is 29.8. The minimum atomic E-state index is -0.553. The molecule has 8 nitrogen and oxygen atoms in total. The van der Waals surface area contributed by atoms with E-state index in [1.54, 1.807) is 29.2 Å². The van der Waals surface area contributed by atoms with E-state index >= 15 is 0 Å². The molecule has 1 aliphatic carbocycles. The number of nitriles is 1. The SMILES string of the molecule is CC(C)c1ccc(C2C(C#N)=C(N)N(c3nnc(SCC(=O)Nc4cccc(Cl)c4)s3)C3=C2C(=O)CC(C)(C)C3)cc1. The molecule has 5 rings (SSSR count). The normalized spacial score (nSPS) is 18.3. The van der Waals surface area contributed by atoms with Gasteiger partial charge in [0.15, 0.2) is 10.1 Å². The minimum absolute atomic E-state index is 0.00114. The lowest BCUT2D eigenvalue weighted by Gasteiger charge is -2.42. The molecule has 0 saturated heterocycles. The number of carbonyl (C=O) groups is 2. The fraction of sp³-hybridized carbons (Fsp3) is 0.323. The molecule has 2 aliphatic rings. The fourth-order valence-corrected chi connectivity index (χ4v) is 7.25. The first-order chi connectivity index (χ1) is 20.0. The summed E-state index contributed by atoms with van der Waals surface area (Å²) in [6.45, 7) is 8.36. The second kappa shape index (κ2) is 11.9. The molecule has 0 spiro atoms. The first-order valence-electron chi connectivity index (χ1n) is 13.5. The molecule has 2 aromatic carbocycles. The number of nitrogens with two attached hydrogens (primary N) is 1. The number of amides is 1. The van der Waals surface area contributed by atoms with Crippen LogP contribution >= 0.6 is 34.7 Å². The molecular formula is C31H31ClN6O2S2. The van der Waals surface area contributed by atoms with Gasteiger partial charge in [0.1, 0.15) is 5.82 Å². The predicted molar refractivity (Wildman–Crippen MR) is 168 cm³/mol. The second-order valence-corrected chi connectivity index (χ2v) is 14.1. The molecule has 2 heterocycles. The van der Waals surface area contributed by atoms with Crippen molar-refractivity contribution in [1.29, 1.82) is 5.26 Å². The zero-order valence-electron chi connectivity index (χ0n) is 23.8. The average Bonchev–Trinajstić information content (AvgIpc) is 3.39. The van der Waals surface area contributed by atoms with Crippen LogP contribution in [0.3, 0.4) is 0 Å². The molecule has 0 radical (unpaired) electrons. The van der Waals surface area contributed by atoms with Crippen molar-refractivity contribution < 1.29 is 9.59 Å². The van der Waals surface area contributed by atoms with Crippen LogP contribution in [0.1, 0.15) is 63.5 Å². The summed E-state index contributed by atoms with van der Waals surface area (Å²) in [5, 5.41) is 22.8. The third-order valence-corrected chi connectivity index (χ3v) is 9.62. The zero-order chi connectivity index (χ0) is 30.2. The van der Waals surface area contributed by atoms with Crippen molar-refractivity contribution in [1.82, 2.24) is 10.2 Å². The van der Waals surface area contributed by atoms with E-state index in [1.165, 1.54) is 28.7 Å². The van der Waals surface area contributed by atoms with Gasteiger partial charge in [-0.25, -0.2) is 0 Å². The molecule has 216 valence electrons. The van der Waals surface area contributed by atoms with Crippen LogP contribution in [0, 0.1) is 16.7 Å². The number of rotatable bonds is 7. The average molecular weight is 619 g/mol. The lowest BCUT2D eigenvalue weighted by molar-refractivity contribution is -0.118. The number of halogens is 1. The van der Waals surface area contributed by atoms with Gasteiger partial charge in [-0.1, -0.05) is 92.7 Å². The monoisotopic (exact) mass is 618 g/mol. The molecule has 1 aliphatic heterocycles. The highest BCUT2D eigenvalue weighted by Gasteiger charge is 2.45. The Bertz CT molecular complexity index is 1650. The lowest BCUT2D eigenvalue weighted by atomic mass is 9.68. The predicted octanol–water partition coefficient (Wildman–Crippen LogP) is 6.99. The molecule has 0 bridgehead atoms. The van der Waals surface area contributed by atoms with E-state index in [9.17, 15) is 14.9 Å². The highest BCUT2D eigenvalue weighted by molar-refractivity contribution is 8.01. The van der Waals surface area contributed by atoms with Crippen LogP contribution in [0.4, 0.5) is 10.8 Å². The minimum Gasteiger partial charge on any atom is -0.384 e. The number of nitrogens with zero attached hydrogens (tertiary/aromatic N) is 4. The van der Waals surface area contributed by atoms with Crippen molar-refractivity contribution in [3.05, 3.63) is 87.3 Å². The molecule has 1 aromatic heterocycles. The van der Waals surface area contributed by atoms with Crippen LogP contribution < -0.4 is 16.0 Å². The van der Waals surface area contributed by atoms with Crippen LogP contribution in [0.5, 0.6) is 0 Å². The Kier molecular flexibility index (Phi) is 8.46. The molecular weight excluding hydrogens is 588 g/mol. The van der Waals surface area contributed by atoms with Crippen molar-refractivity contribution in [3.8, 4) is 6.07 Å². The number of carbonyl (C=O) groups excluding carboxylic acids is 2. The van der Waals surface area contributed by atoms with E-state index in [4.69, 9.17) is 17.3 Å². The van der Waals surface area contributed by atoms with Crippen LogP contribution in [0.15, 0.2) is 75.5 Å². The van der Waals surface area contributed by atoms with Crippen molar-refractivity contribution in [2.45, 2.75) is 56.7 Å². The number of allylic oxidation sites excluding steroid dienone is 3. The molecule has 1 amide bonds. The Morgan fingerprint density at radius 3 is 2.64 bits per heavy atom. The maximum absolute atomic E-state index is 13.8. The van der Waals surface area contributed by atoms with Crippen LogP contribution in [-0.4, -0.2) is 27.6 Å². The maximum atomic E-state index is 13.8.